The first-order valence-electron chi connectivity index (χ1n) is 6.03. The Morgan fingerprint density at radius 3 is 2.44 bits per heavy atom. The Labute approximate surface area is 114 Å². The molecule has 0 heterocycles. The molecule has 18 heavy (non-hydrogen) atoms. The number of ether oxygens (including phenoxy) is 2. The molecule has 0 spiro atoms. The van der Waals surface area contributed by atoms with Crippen molar-refractivity contribution in [3.63, 3.8) is 0 Å². The quantitative estimate of drug-likeness (QED) is 0.609. The van der Waals surface area contributed by atoms with Crippen LogP contribution in [0.15, 0.2) is 24.3 Å². The molecule has 1 aromatic rings. The average Bonchev–Trinajstić information content (AvgIpc) is 2.35. The van der Waals surface area contributed by atoms with Gasteiger partial charge in [0.15, 0.2) is 11.5 Å². The summed E-state index contributed by atoms with van der Waals surface area (Å²) in [5, 5.41) is 0. The Kier molecular flexibility index (Phi) is 5.41. The minimum absolute atomic E-state index is 0.112. The molecule has 0 unspecified atom stereocenters. The van der Waals surface area contributed by atoms with Gasteiger partial charge < -0.3 is 15.2 Å². The molecule has 0 aliphatic rings. The monoisotopic (exact) mass is 267 g/mol. The maximum absolute atomic E-state index is 5.69. The number of hydrogen-bond acceptors (Lipinski definition) is 3. The lowest BCUT2D eigenvalue weighted by atomic mass is 9.88. The highest BCUT2D eigenvalue weighted by atomic mass is 32.1. The van der Waals surface area contributed by atoms with Crippen molar-refractivity contribution in [2.45, 2.75) is 26.7 Å². The summed E-state index contributed by atoms with van der Waals surface area (Å²) in [4.78, 5) is 0.555. The van der Waals surface area contributed by atoms with Crippen molar-refractivity contribution in [3.05, 3.63) is 24.3 Å². The summed E-state index contributed by atoms with van der Waals surface area (Å²) in [5.41, 5.74) is 5.57. The molecule has 0 aromatic heterocycles. The highest BCUT2D eigenvalue weighted by molar-refractivity contribution is 7.80. The highest BCUT2D eigenvalue weighted by Gasteiger charge is 2.20. The largest absolute Gasteiger partial charge is 0.493 e. The Hall–Kier alpha value is -1.29. The lowest BCUT2D eigenvalue weighted by Gasteiger charge is -2.22. The smallest absolute Gasteiger partial charge is 0.161 e. The van der Waals surface area contributed by atoms with Gasteiger partial charge in [0.1, 0.15) is 0 Å². The van der Waals surface area contributed by atoms with Crippen molar-refractivity contribution in [1.82, 2.24) is 0 Å². The van der Waals surface area contributed by atoms with Crippen LogP contribution in [-0.4, -0.2) is 18.7 Å². The molecule has 2 N–H and O–H groups in total. The van der Waals surface area contributed by atoms with Gasteiger partial charge in [0.2, 0.25) is 0 Å². The second-order valence-electron chi connectivity index (χ2n) is 4.85. The Balaban J connectivity index is 2.41. The summed E-state index contributed by atoms with van der Waals surface area (Å²) in [6, 6.07) is 7.63. The minimum atomic E-state index is -0.112. The molecule has 0 saturated carbocycles. The number of hydrogen-bond donors (Lipinski definition) is 1. The minimum Gasteiger partial charge on any atom is -0.493 e. The van der Waals surface area contributed by atoms with Gasteiger partial charge >= 0.3 is 0 Å². The van der Waals surface area contributed by atoms with Gasteiger partial charge in [-0.3, -0.25) is 0 Å². The zero-order chi connectivity index (χ0) is 13.6. The van der Waals surface area contributed by atoms with Gasteiger partial charge in [0.25, 0.3) is 0 Å². The second kappa shape index (κ2) is 6.59. The van der Waals surface area contributed by atoms with Gasteiger partial charge in [0, 0.05) is 5.41 Å². The molecule has 0 atom stereocenters. The van der Waals surface area contributed by atoms with Crippen molar-refractivity contribution >= 4 is 17.2 Å². The average molecular weight is 267 g/mol. The van der Waals surface area contributed by atoms with Crippen molar-refractivity contribution in [2.24, 2.45) is 11.1 Å². The molecular weight excluding hydrogens is 246 g/mol. The first-order valence-corrected chi connectivity index (χ1v) is 6.44. The summed E-state index contributed by atoms with van der Waals surface area (Å²) in [7, 11) is 1.64. The molecule has 0 bridgehead atoms. The lowest BCUT2D eigenvalue weighted by molar-refractivity contribution is 0.272. The zero-order valence-electron chi connectivity index (χ0n) is 11.2. The summed E-state index contributed by atoms with van der Waals surface area (Å²) in [6.45, 7) is 4.74. The van der Waals surface area contributed by atoms with Gasteiger partial charge in [-0.05, 0) is 25.0 Å². The number of rotatable bonds is 7. The number of thiocarbonyl (C=S) groups is 1. The summed E-state index contributed by atoms with van der Waals surface area (Å²) in [5.74, 6) is 1.53. The van der Waals surface area contributed by atoms with E-state index < -0.39 is 0 Å². The SMILES string of the molecule is COc1ccccc1OCCCC(C)(C)C(N)=S. The summed E-state index contributed by atoms with van der Waals surface area (Å²) in [6.07, 6.45) is 1.82. The van der Waals surface area contributed by atoms with Crippen LogP contribution in [0.25, 0.3) is 0 Å². The van der Waals surface area contributed by atoms with E-state index in [1.807, 2.05) is 24.3 Å². The van der Waals surface area contributed by atoms with Gasteiger partial charge in [-0.2, -0.15) is 0 Å². The first-order chi connectivity index (χ1) is 8.47. The number of nitrogens with two attached hydrogens (primary N) is 1. The first kappa shape index (κ1) is 14.8. The highest BCUT2D eigenvalue weighted by Crippen LogP contribution is 2.27. The zero-order valence-corrected chi connectivity index (χ0v) is 12.0. The van der Waals surface area contributed by atoms with E-state index in [1.165, 1.54) is 0 Å². The molecule has 0 fully saturated rings. The van der Waals surface area contributed by atoms with E-state index in [9.17, 15) is 0 Å². The molecule has 1 rings (SSSR count). The van der Waals surface area contributed by atoms with E-state index in [1.54, 1.807) is 7.11 Å². The van der Waals surface area contributed by atoms with E-state index in [4.69, 9.17) is 27.4 Å². The van der Waals surface area contributed by atoms with Gasteiger partial charge in [-0.25, -0.2) is 0 Å². The molecule has 100 valence electrons. The molecular formula is C14H21NO2S. The van der Waals surface area contributed by atoms with Crippen LogP contribution < -0.4 is 15.2 Å². The van der Waals surface area contributed by atoms with Crippen LogP contribution >= 0.6 is 12.2 Å². The maximum atomic E-state index is 5.69. The predicted octanol–water partition coefficient (Wildman–Crippen LogP) is 3.17. The molecule has 0 amide bonds. The van der Waals surface area contributed by atoms with Crippen LogP contribution in [0.3, 0.4) is 0 Å². The standard InChI is InChI=1S/C14H21NO2S/c1-14(2,13(15)18)9-6-10-17-12-8-5-4-7-11(12)16-3/h4-5,7-8H,6,9-10H2,1-3H3,(H2,15,18). The molecule has 0 saturated heterocycles. The molecule has 1 aromatic carbocycles. The fourth-order valence-electron chi connectivity index (χ4n) is 1.56. The van der Waals surface area contributed by atoms with Crippen LogP contribution in [0.1, 0.15) is 26.7 Å². The van der Waals surface area contributed by atoms with Crippen LogP contribution in [0.4, 0.5) is 0 Å². The fraction of sp³-hybridized carbons (Fsp3) is 0.500. The number of para-hydroxylation sites is 2. The van der Waals surface area contributed by atoms with Crippen LogP contribution in [-0.2, 0) is 0 Å². The van der Waals surface area contributed by atoms with Gasteiger partial charge in [-0.1, -0.05) is 38.2 Å². The van der Waals surface area contributed by atoms with Crippen molar-refractivity contribution in [2.75, 3.05) is 13.7 Å². The van der Waals surface area contributed by atoms with Crippen LogP contribution in [0, 0.1) is 5.41 Å². The van der Waals surface area contributed by atoms with E-state index in [-0.39, 0.29) is 5.41 Å². The topological polar surface area (TPSA) is 44.5 Å². The van der Waals surface area contributed by atoms with Crippen molar-refractivity contribution in [3.8, 4) is 11.5 Å². The fourth-order valence-corrected chi connectivity index (χ4v) is 1.66. The molecule has 0 radical (unpaired) electrons. The van der Waals surface area contributed by atoms with Crippen LogP contribution in [0.2, 0.25) is 0 Å². The van der Waals surface area contributed by atoms with Gasteiger partial charge in [0.05, 0.1) is 18.7 Å². The van der Waals surface area contributed by atoms with Crippen molar-refractivity contribution in [1.29, 1.82) is 0 Å². The summed E-state index contributed by atoms with van der Waals surface area (Å²) < 4.78 is 10.9. The van der Waals surface area contributed by atoms with Gasteiger partial charge in [-0.15, -0.1) is 0 Å². The third-order valence-corrected chi connectivity index (χ3v) is 3.49. The lowest BCUT2D eigenvalue weighted by Crippen LogP contribution is -2.30. The van der Waals surface area contributed by atoms with E-state index in [0.29, 0.717) is 11.6 Å². The normalized spacial score (nSPS) is 11.1. The van der Waals surface area contributed by atoms with Crippen molar-refractivity contribution < 1.29 is 9.47 Å². The molecule has 4 heteroatoms. The second-order valence-corrected chi connectivity index (χ2v) is 5.29. The molecule has 0 aliphatic carbocycles. The Morgan fingerprint density at radius 2 is 1.89 bits per heavy atom. The predicted molar refractivity (Wildman–Crippen MR) is 78.3 cm³/mol. The van der Waals surface area contributed by atoms with Crippen LogP contribution in [0.5, 0.6) is 11.5 Å². The number of benzene rings is 1. The van der Waals surface area contributed by atoms with E-state index in [2.05, 4.69) is 13.8 Å². The summed E-state index contributed by atoms with van der Waals surface area (Å²) >= 11 is 5.03. The maximum Gasteiger partial charge on any atom is 0.161 e. The number of methoxy groups -OCH3 is 1. The van der Waals surface area contributed by atoms with E-state index >= 15 is 0 Å². The van der Waals surface area contributed by atoms with E-state index in [0.717, 1.165) is 24.3 Å². The Morgan fingerprint density at radius 1 is 1.28 bits per heavy atom. The third-order valence-electron chi connectivity index (χ3n) is 2.94. The third kappa shape index (κ3) is 4.18. The Bertz CT molecular complexity index is 405. The molecule has 3 nitrogen and oxygen atoms in total. The molecule has 0 aliphatic heterocycles.